The summed E-state index contributed by atoms with van der Waals surface area (Å²) in [7, 11) is 0. The number of H-pyrrole nitrogens is 1. The second kappa shape index (κ2) is 4.07. The molecule has 0 aliphatic carbocycles. The third-order valence-electron chi connectivity index (χ3n) is 2.07. The van der Waals surface area contributed by atoms with Gasteiger partial charge in [-0.05, 0) is 25.1 Å². The highest BCUT2D eigenvalue weighted by Gasteiger charge is 1.98. The van der Waals surface area contributed by atoms with E-state index >= 15 is 0 Å². The van der Waals surface area contributed by atoms with E-state index in [4.69, 9.17) is 5.11 Å². The number of aliphatic carboxylic acids is 1. The Morgan fingerprint density at radius 1 is 1.56 bits per heavy atom. The summed E-state index contributed by atoms with van der Waals surface area (Å²) in [5, 5.41) is 8.45. The van der Waals surface area contributed by atoms with Gasteiger partial charge in [0.2, 0.25) is 0 Å². The number of aromatic amines is 1. The van der Waals surface area contributed by atoms with Crippen molar-refractivity contribution in [1.29, 1.82) is 0 Å². The molecule has 0 atom stereocenters. The topological polar surface area (TPSA) is 66.0 Å². The molecule has 2 rings (SSSR count). The number of rotatable bonds is 1. The van der Waals surface area contributed by atoms with Crippen LogP contribution in [0.25, 0.3) is 11.0 Å². The monoisotopic (exact) mass is 214 g/mol. The highest BCUT2D eigenvalue weighted by atomic mass is 16.4. The van der Waals surface area contributed by atoms with Gasteiger partial charge in [-0.15, -0.1) is 0 Å². The lowest BCUT2D eigenvalue weighted by Crippen LogP contribution is -1.90. The summed E-state index contributed by atoms with van der Waals surface area (Å²) < 4.78 is 0. The molecule has 0 unspecified atom stereocenters. The minimum Gasteiger partial charge on any atom is -0.481 e. The van der Waals surface area contributed by atoms with Crippen molar-refractivity contribution in [2.45, 2.75) is 13.3 Å². The van der Waals surface area contributed by atoms with Crippen LogP contribution in [-0.2, 0) is 4.79 Å². The normalized spacial score (nSPS) is 9.81. The van der Waals surface area contributed by atoms with E-state index in [2.05, 4.69) is 21.8 Å². The highest BCUT2D eigenvalue weighted by molar-refractivity contribution is 5.77. The van der Waals surface area contributed by atoms with Crippen molar-refractivity contribution in [1.82, 2.24) is 9.97 Å². The molecule has 2 N–H and O–H groups in total. The van der Waals surface area contributed by atoms with Crippen molar-refractivity contribution in [3.63, 3.8) is 0 Å². The van der Waals surface area contributed by atoms with Crippen LogP contribution >= 0.6 is 0 Å². The van der Waals surface area contributed by atoms with Gasteiger partial charge in [-0.1, -0.05) is 11.8 Å². The minimum absolute atomic E-state index is 0.139. The third-order valence-corrected chi connectivity index (χ3v) is 2.07. The first-order valence-corrected chi connectivity index (χ1v) is 4.82. The Labute approximate surface area is 92.3 Å². The van der Waals surface area contributed by atoms with Gasteiger partial charge in [-0.2, -0.15) is 0 Å². The van der Waals surface area contributed by atoms with E-state index in [-0.39, 0.29) is 6.42 Å². The highest BCUT2D eigenvalue weighted by Crippen LogP contribution is 2.12. The zero-order valence-corrected chi connectivity index (χ0v) is 8.74. The van der Waals surface area contributed by atoms with Crippen LogP contribution in [0.3, 0.4) is 0 Å². The van der Waals surface area contributed by atoms with Gasteiger partial charge >= 0.3 is 5.97 Å². The van der Waals surface area contributed by atoms with Gasteiger partial charge in [0.25, 0.3) is 0 Å². The molecule has 4 heteroatoms. The number of nitrogens with zero attached hydrogens (tertiary/aromatic N) is 1. The molecule has 4 nitrogen and oxygen atoms in total. The van der Waals surface area contributed by atoms with Crippen molar-refractivity contribution in [3.8, 4) is 11.8 Å². The van der Waals surface area contributed by atoms with Crippen LogP contribution in [0.2, 0.25) is 0 Å². The Balaban J connectivity index is 2.30. The van der Waals surface area contributed by atoms with Crippen LogP contribution in [0.15, 0.2) is 18.2 Å². The minimum atomic E-state index is -0.911. The molecular weight excluding hydrogens is 204 g/mol. The van der Waals surface area contributed by atoms with E-state index in [1.165, 1.54) is 0 Å². The first kappa shape index (κ1) is 10.2. The zero-order valence-electron chi connectivity index (χ0n) is 8.74. The van der Waals surface area contributed by atoms with Gasteiger partial charge in [-0.25, -0.2) is 4.98 Å². The molecule has 0 fully saturated rings. The van der Waals surface area contributed by atoms with Crippen LogP contribution < -0.4 is 0 Å². The second-order valence-corrected chi connectivity index (χ2v) is 3.43. The van der Waals surface area contributed by atoms with Crippen LogP contribution in [0.4, 0.5) is 0 Å². The lowest BCUT2D eigenvalue weighted by Gasteiger charge is -1.90. The number of carbonyl (C=O) groups is 1. The molecule has 2 aromatic rings. The second-order valence-electron chi connectivity index (χ2n) is 3.43. The number of aromatic nitrogens is 2. The number of hydrogen-bond acceptors (Lipinski definition) is 2. The van der Waals surface area contributed by atoms with Gasteiger partial charge in [-0.3, -0.25) is 4.79 Å². The summed E-state index contributed by atoms with van der Waals surface area (Å²) in [5.74, 6) is 5.33. The van der Waals surface area contributed by atoms with E-state index in [0.29, 0.717) is 0 Å². The maximum atomic E-state index is 10.3. The predicted octanol–water partition coefficient (Wildman–Crippen LogP) is 1.70. The molecule has 1 aromatic heterocycles. The Morgan fingerprint density at radius 3 is 3.12 bits per heavy atom. The smallest absolute Gasteiger partial charge is 0.315 e. The molecular formula is C12H10N2O2. The van der Waals surface area contributed by atoms with Crippen LogP contribution in [0.5, 0.6) is 0 Å². The number of imidazole rings is 1. The number of fused-ring (bicyclic) bond motifs is 1. The lowest BCUT2D eigenvalue weighted by atomic mass is 10.2. The van der Waals surface area contributed by atoms with Gasteiger partial charge in [0.05, 0.1) is 11.0 Å². The van der Waals surface area contributed by atoms with Gasteiger partial charge in [0.1, 0.15) is 12.2 Å². The fourth-order valence-corrected chi connectivity index (χ4v) is 1.44. The summed E-state index contributed by atoms with van der Waals surface area (Å²) in [4.78, 5) is 17.7. The van der Waals surface area contributed by atoms with Gasteiger partial charge in [0, 0.05) is 5.56 Å². The molecule has 80 valence electrons. The molecule has 1 aromatic carbocycles. The average molecular weight is 214 g/mol. The summed E-state index contributed by atoms with van der Waals surface area (Å²) >= 11 is 0. The molecule has 1 heterocycles. The predicted molar refractivity (Wildman–Crippen MR) is 60.0 cm³/mol. The maximum Gasteiger partial charge on any atom is 0.315 e. The van der Waals surface area contributed by atoms with Crippen molar-refractivity contribution >= 4 is 17.0 Å². The SMILES string of the molecule is Cc1nc2ccc(C#CCC(=O)O)cc2[nH]1. The maximum absolute atomic E-state index is 10.3. The Kier molecular flexibility index (Phi) is 2.61. The number of nitrogens with one attached hydrogen (secondary N) is 1. The average Bonchev–Trinajstić information content (AvgIpc) is 2.56. The lowest BCUT2D eigenvalue weighted by molar-refractivity contribution is -0.135. The molecule has 16 heavy (non-hydrogen) atoms. The summed E-state index contributed by atoms with van der Waals surface area (Å²) in [6, 6.07) is 5.56. The summed E-state index contributed by atoms with van der Waals surface area (Å²) in [6.07, 6.45) is -0.139. The van der Waals surface area contributed by atoms with Gasteiger partial charge in [0.15, 0.2) is 0 Å². The molecule has 0 saturated heterocycles. The van der Waals surface area contributed by atoms with Crippen LogP contribution in [-0.4, -0.2) is 21.0 Å². The van der Waals surface area contributed by atoms with Crippen LogP contribution in [0, 0.1) is 18.8 Å². The molecule has 0 bridgehead atoms. The Morgan fingerprint density at radius 2 is 2.38 bits per heavy atom. The fourth-order valence-electron chi connectivity index (χ4n) is 1.44. The fraction of sp³-hybridized carbons (Fsp3) is 0.167. The van der Waals surface area contributed by atoms with E-state index in [1.807, 2.05) is 25.1 Å². The van der Waals surface area contributed by atoms with Gasteiger partial charge < -0.3 is 10.1 Å². The van der Waals surface area contributed by atoms with Crippen molar-refractivity contribution < 1.29 is 9.90 Å². The van der Waals surface area contributed by atoms with E-state index in [1.54, 1.807) is 0 Å². The number of benzene rings is 1. The summed E-state index contributed by atoms with van der Waals surface area (Å²) in [5.41, 5.74) is 2.60. The molecule has 0 amide bonds. The standard InChI is InChI=1S/C12H10N2O2/c1-8-13-10-6-5-9(7-11(10)14-8)3-2-4-12(15)16/h5-7H,4H2,1H3,(H,13,14)(H,15,16). The molecule has 0 saturated carbocycles. The first-order chi connectivity index (χ1) is 7.65. The van der Waals surface area contributed by atoms with E-state index in [0.717, 1.165) is 22.4 Å². The molecule has 0 spiro atoms. The Hall–Kier alpha value is -2.28. The number of aryl methyl sites for hydroxylation is 1. The zero-order chi connectivity index (χ0) is 11.5. The van der Waals surface area contributed by atoms with E-state index in [9.17, 15) is 4.79 Å². The van der Waals surface area contributed by atoms with Crippen LogP contribution in [0.1, 0.15) is 17.8 Å². The quantitative estimate of drug-likeness (QED) is 0.710. The van der Waals surface area contributed by atoms with Crippen molar-refractivity contribution in [2.24, 2.45) is 0 Å². The number of carboxylic acid groups (broad SMARTS) is 1. The number of hydrogen-bond donors (Lipinski definition) is 2. The molecule has 0 aliphatic heterocycles. The largest absolute Gasteiger partial charge is 0.481 e. The third kappa shape index (κ3) is 2.20. The van der Waals surface area contributed by atoms with Crippen molar-refractivity contribution in [2.75, 3.05) is 0 Å². The first-order valence-electron chi connectivity index (χ1n) is 4.82. The van der Waals surface area contributed by atoms with Crippen molar-refractivity contribution in [3.05, 3.63) is 29.6 Å². The molecule has 0 aliphatic rings. The van der Waals surface area contributed by atoms with E-state index < -0.39 is 5.97 Å². The summed E-state index contributed by atoms with van der Waals surface area (Å²) in [6.45, 7) is 1.88. The Bertz CT molecular complexity index is 602. The molecule has 0 radical (unpaired) electrons. The number of carboxylic acids is 1.